The summed E-state index contributed by atoms with van der Waals surface area (Å²) >= 11 is 5.67. The number of esters is 1. The molecule has 176 valence electrons. The van der Waals surface area contributed by atoms with Crippen LogP contribution in [-0.4, -0.2) is 45.5 Å². The molecule has 2 aliphatic heterocycles. The molecule has 1 N–H and O–H groups in total. The van der Waals surface area contributed by atoms with E-state index in [4.69, 9.17) is 26.4 Å². The lowest BCUT2D eigenvalue weighted by Crippen LogP contribution is -2.35. The van der Waals surface area contributed by atoms with Crippen LogP contribution in [0.2, 0.25) is 0 Å². The Morgan fingerprint density at radius 1 is 1.21 bits per heavy atom. The summed E-state index contributed by atoms with van der Waals surface area (Å²) in [7, 11) is 0. The third kappa shape index (κ3) is 3.86. The number of pyridine rings is 1. The molecule has 1 aromatic carbocycles. The summed E-state index contributed by atoms with van der Waals surface area (Å²) in [4.78, 5) is 18.9. The summed E-state index contributed by atoms with van der Waals surface area (Å²) in [6, 6.07) is 13.4. The number of aryl methyl sites for hydroxylation is 1. The fourth-order valence-electron chi connectivity index (χ4n) is 4.77. The number of rotatable bonds is 6. The van der Waals surface area contributed by atoms with E-state index >= 15 is 0 Å². The minimum Gasteiger partial charge on any atom is -0.465 e. The molecule has 2 atom stereocenters. The monoisotopic (exact) mass is 478 g/mol. The molecular weight excluding hydrogens is 452 g/mol. The van der Waals surface area contributed by atoms with Crippen LogP contribution in [0.3, 0.4) is 0 Å². The highest BCUT2D eigenvalue weighted by Crippen LogP contribution is 2.42. The molecule has 0 spiro atoms. The van der Waals surface area contributed by atoms with Gasteiger partial charge in [-0.05, 0) is 68.9 Å². The van der Waals surface area contributed by atoms with Crippen molar-refractivity contribution in [3.8, 4) is 17.2 Å². The highest BCUT2D eigenvalue weighted by molar-refractivity contribution is 7.80. The second-order valence-corrected chi connectivity index (χ2v) is 8.65. The van der Waals surface area contributed by atoms with Gasteiger partial charge in [0.15, 0.2) is 16.6 Å². The Kier molecular flexibility index (Phi) is 5.87. The summed E-state index contributed by atoms with van der Waals surface area (Å²) in [6.45, 7) is 6.54. The van der Waals surface area contributed by atoms with Crippen molar-refractivity contribution in [1.82, 2.24) is 19.8 Å². The number of carbonyl (C=O) groups excluding carboxylic acids is 1. The van der Waals surface area contributed by atoms with Gasteiger partial charge in [0.2, 0.25) is 6.79 Å². The molecule has 2 aromatic heterocycles. The lowest BCUT2D eigenvalue weighted by molar-refractivity contribution is -0.143. The molecular formula is C25H26N4O4S. The van der Waals surface area contributed by atoms with Crippen LogP contribution < -0.4 is 14.8 Å². The van der Waals surface area contributed by atoms with E-state index in [9.17, 15) is 4.79 Å². The number of thiocarbonyl (C=S) groups is 1. The molecule has 1 saturated heterocycles. The van der Waals surface area contributed by atoms with Crippen LogP contribution in [0.15, 0.2) is 48.7 Å². The van der Waals surface area contributed by atoms with Crippen LogP contribution in [0.4, 0.5) is 0 Å². The summed E-state index contributed by atoms with van der Waals surface area (Å²) in [5.74, 6) is 1.15. The molecule has 1 fully saturated rings. The molecule has 0 amide bonds. The Morgan fingerprint density at radius 2 is 2.03 bits per heavy atom. The van der Waals surface area contributed by atoms with Gasteiger partial charge in [-0.2, -0.15) is 0 Å². The van der Waals surface area contributed by atoms with E-state index in [0.717, 1.165) is 39.8 Å². The van der Waals surface area contributed by atoms with Crippen LogP contribution in [0, 0.1) is 13.8 Å². The first kappa shape index (κ1) is 22.2. The standard InChI is InChI=1S/C25H26N4O4S/c1-4-31-22(30)13-28-24(23(27-25(28)34)19-7-5-6-10-26-19)18-11-15(2)29(16(18)3)17-8-9-20-21(12-17)33-14-32-20/h5-12,23-24H,4,13-14H2,1-3H3,(H,27,34)/t23-,24+/m0/s1. The molecule has 4 heterocycles. The minimum absolute atomic E-state index is 0.0569. The van der Waals surface area contributed by atoms with Crippen LogP contribution in [0.25, 0.3) is 5.69 Å². The molecule has 0 saturated carbocycles. The van der Waals surface area contributed by atoms with Crippen LogP contribution in [0.1, 0.15) is 41.7 Å². The van der Waals surface area contributed by atoms with Crippen molar-refractivity contribution in [3.05, 3.63) is 71.3 Å². The lowest BCUT2D eigenvalue weighted by Gasteiger charge is -2.27. The topological polar surface area (TPSA) is 77.9 Å². The maximum atomic E-state index is 12.5. The zero-order valence-corrected chi connectivity index (χ0v) is 20.1. The maximum absolute atomic E-state index is 12.5. The second kappa shape index (κ2) is 8.98. The molecule has 34 heavy (non-hydrogen) atoms. The summed E-state index contributed by atoms with van der Waals surface area (Å²) < 4.78 is 18.5. The molecule has 8 nitrogen and oxygen atoms in total. The van der Waals surface area contributed by atoms with Crippen molar-refractivity contribution in [1.29, 1.82) is 0 Å². The molecule has 3 aromatic rings. The largest absolute Gasteiger partial charge is 0.465 e. The third-order valence-corrected chi connectivity index (χ3v) is 6.56. The molecule has 0 bridgehead atoms. The number of nitrogens with one attached hydrogen (secondary N) is 1. The van der Waals surface area contributed by atoms with E-state index in [0.29, 0.717) is 11.7 Å². The molecule has 9 heteroatoms. The fourth-order valence-corrected chi connectivity index (χ4v) is 5.07. The number of hydrogen-bond donors (Lipinski definition) is 1. The van der Waals surface area contributed by atoms with Crippen molar-refractivity contribution in [2.24, 2.45) is 0 Å². The van der Waals surface area contributed by atoms with Crippen LogP contribution in [-0.2, 0) is 9.53 Å². The van der Waals surface area contributed by atoms with Gasteiger partial charge in [-0.1, -0.05) is 6.07 Å². The van der Waals surface area contributed by atoms with Crippen LogP contribution in [0.5, 0.6) is 11.5 Å². The van der Waals surface area contributed by atoms with Crippen molar-refractivity contribution < 1.29 is 19.0 Å². The number of hydrogen-bond acceptors (Lipinski definition) is 6. The predicted octanol–water partition coefficient (Wildman–Crippen LogP) is 3.75. The van der Waals surface area contributed by atoms with E-state index in [2.05, 4.69) is 34.8 Å². The van der Waals surface area contributed by atoms with E-state index in [1.54, 1.807) is 13.1 Å². The van der Waals surface area contributed by atoms with Gasteiger partial charge in [0.25, 0.3) is 0 Å². The summed E-state index contributed by atoms with van der Waals surface area (Å²) in [5, 5.41) is 3.89. The molecule has 2 aliphatic rings. The van der Waals surface area contributed by atoms with E-state index < -0.39 is 0 Å². The second-order valence-electron chi connectivity index (χ2n) is 8.26. The van der Waals surface area contributed by atoms with Crippen molar-refractivity contribution in [2.75, 3.05) is 19.9 Å². The molecule has 5 rings (SSSR count). The van der Waals surface area contributed by atoms with Crippen molar-refractivity contribution in [3.63, 3.8) is 0 Å². The predicted molar refractivity (Wildman–Crippen MR) is 130 cm³/mol. The molecule has 0 radical (unpaired) electrons. The molecule has 0 aliphatic carbocycles. The summed E-state index contributed by atoms with van der Waals surface area (Å²) in [5.41, 5.74) is 4.99. The van der Waals surface area contributed by atoms with E-state index in [1.165, 1.54) is 0 Å². The Balaban J connectivity index is 1.59. The normalized spacial score (nSPS) is 18.8. The number of ether oxygens (including phenoxy) is 3. The Hall–Kier alpha value is -3.59. The first-order valence-electron chi connectivity index (χ1n) is 11.2. The Labute approximate surface area is 203 Å². The summed E-state index contributed by atoms with van der Waals surface area (Å²) in [6.07, 6.45) is 1.76. The van der Waals surface area contributed by atoms with Gasteiger partial charge in [0, 0.05) is 29.3 Å². The maximum Gasteiger partial charge on any atom is 0.325 e. The number of nitrogens with zero attached hydrogens (tertiary/aromatic N) is 3. The van der Waals surface area contributed by atoms with Crippen molar-refractivity contribution in [2.45, 2.75) is 32.9 Å². The Morgan fingerprint density at radius 3 is 2.79 bits per heavy atom. The smallest absolute Gasteiger partial charge is 0.325 e. The van der Waals surface area contributed by atoms with Gasteiger partial charge in [-0.3, -0.25) is 9.78 Å². The lowest BCUT2D eigenvalue weighted by atomic mass is 9.97. The highest BCUT2D eigenvalue weighted by Gasteiger charge is 2.42. The van der Waals surface area contributed by atoms with Gasteiger partial charge in [-0.15, -0.1) is 0 Å². The van der Waals surface area contributed by atoms with Gasteiger partial charge in [0.1, 0.15) is 6.54 Å². The first-order chi connectivity index (χ1) is 16.5. The van der Waals surface area contributed by atoms with Gasteiger partial charge in [0.05, 0.1) is 24.4 Å². The SMILES string of the molecule is CCOC(=O)CN1C(=S)N[C@@H](c2ccccn2)[C@H]1c1cc(C)n(-c2ccc3c(c2)OCO3)c1C. The number of benzene rings is 1. The fraction of sp³-hybridized carbons (Fsp3) is 0.320. The van der Waals surface area contributed by atoms with Gasteiger partial charge >= 0.3 is 5.97 Å². The zero-order valence-electron chi connectivity index (χ0n) is 19.3. The Bertz CT molecular complexity index is 1240. The molecule has 0 unspecified atom stereocenters. The first-order valence-corrected chi connectivity index (χ1v) is 11.6. The average molecular weight is 479 g/mol. The third-order valence-electron chi connectivity index (χ3n) is 6.21. The zero-order chi connectivity index (χ0) is 23.8. The van der Waals surface area contributed by atoms with Gasteiger partial charge < -0.3 is 29.0 Å². The quantitative estimate of drug-likeness (QED) is 0.424. The average Bonchev–Trinajstić information content (AvgIpc) is 3.50. The number of aromatic nitrogens is 2. The van der Waals surface area contributed by atoms with E-state index in [1.807, 2.05) is 41.3 Å². The minimum atomic E-state index is -0.317. The van der Waals surface area contributed by atoms with Crippen LogP contribution >= 0.6 is 12.2 Å². The number of fused-ring (bicyclic) bond motifs is 1. The number of carbonyl (C=O) groups is 1. The van der Waals surface area contributed by atoms with Crippen molar-refractivity contribution >= 4 is 23.3 Å². The highest BCUT2D eigenvalue weighted by atomic mass is 32.1. The van der Waals surface area contributed by atoms with E-state index in [-0.39, 0.29) is 31.4 Å². The van der Waals surface area contributed by atoms with Gasteiger partial charge in [-0.25, -0.2) is 0 Å².